The summed E-state index contributed by atoms with van der Waals surface area (Å²) in [6, 6.07) is 6.52. The van der Waals surface area contributed by atoms with Crippen molar-refractivity contribution in [3.05, 3.63) is 53.1 Å². The Kier molecular flexibility index (Phi) is 4.93. The van der Waals surface area contributed by atoms with Gasteiger partial charge < -0.3 is 5.32 Å². The van der Waals surface area contributed by atoms with E-state index in [9.17, 15) is 4.39 Å². The summed E-state index contributed by atoms with van der Waals surface area (Å²) < 4.78 is 14.9. The molecule has 1 atom stereocenters. The molecule has 0 fully saturated rings. The van der Waals surface area contributed by atoms with E-state index in [4.69, 9.17) is 11.6 Å². The van der Waals surface area contributed by atoms with E-state index in [0.29, 0.717) is 5.02 Å². The maximum absolute atomic E-state index is 13.0. The van der Waals surface area contributed by atoms with Crippen LogP contribution in [0.5, 0.6) is 0 Å². The van der Waals surface area contributed by atoms with Crippen LogP contribution in [0.15, 0.2) is 36.7 Å². The monoisotopic (exact) mass is 281 g/mol. The molecule has 0 saturated carbocycles. The fourth-order valence-electron chi connectivity index (χ4n) is 1.95. The molecule has 0 radical (unpaired) electrons. The maximum atomic E-state index is 13.0. The van der Waals surface area contributed by atoms with Crippen LogP contribution in [0, 0.1) is 5.82 Å². The van der Waals surface area contributed by atoms with Gasteiger partial charge in [-0.05, 0) is 43.7 Å². The van der Waals surface area contributed by atoms with Gasteiger partial charge in [0, 0.05) is 30.0 Å². The van der Waals surface area contributed by atoms with E-state index in [1.165, 1.54) is 12.1 Å². The van der Waals surface area contributed by atoms with Crippen LogP contribution in [0.3, 0.4) is 0 Å². The molecule has 0 spiro atoms. The van der Waals surface area contributed by atoms with Crippen LogP contribution in [-0.2, 0) is 6.54 Å². The lowest BCUT2D eigenvalue weighted by atomic mass is 10.1. The highest BCUT2D eigenvalue weighted by Crippen LogP contribution is 2.23. The van der Waals surface area contributed by atoms with Crippen molar-refractivity contribution >= 4 is 11.6 Å². The molecule has 1 unspecified atom stereocenters. The molecule has 0 saturated heterocycles. The highest BCUT2D eigenvalue weighted by molar-refractivity contribution is 6.31. The van der Waals surface area contributed by atoms with Crippen LogP contribution in [0.2, 0.25) is 5.02 Å². The van der Waals surface area contributed by atoms with Crippen molar-refractivity contribution in [1.82, 2.24) is 15.1 Å². The zero-order valence-corrected chi connectivity index (χ0v) is 11.6. The van der Waals surface area contributed by atoms with Gasteiger partial charge in [-0.3, -0.25) is 4.68 Å². The molecule has 5 heteroatoms. The summed E-state index contributed by atoms with van der Waals surface area (Å²) in [7, 11) is 0. The van der Waals surface area contributed by atoms with Crippen LogP contribution >= 0.6 is 11.6 Å². The lowest BCUT2D eigenvalue weighted by Crippen LogP contribution is -2.21. The largest absolute Gasteiger partial charge is 0.310 e. The minimum absolute atomic E-state index is 0.103. The number of rotatable bonds is 6. The number of nitrogens with zero attached hydrogens (tertiary/aromatic N) is 2. The Balaban J connectivity index is 1.79. The summed E-state index contributed by atoms with van der Waals surface area (Å²) in [5.41, 5.74) is 0.919. The quantitative estimate of drug-likeness (QED) is 0.822. The summed E-state index contributed by atoms with van der Waals surface area (Å²) in [4.78, 5) is 0. The molecule has 2 aromatic rings. The Morgan fingerprint density at radius 3 is 3.00 bits per heavy atom. The molecule has 1 heterocycles. The van der Waals surface area contributed by atoms with Gasteiger partial charge in [-0.1, -0.05) is 17.7 Å². The van der Waals surface area contributed by atoms with Gasteiger partial charge in [-0.2, -0.15) is 5.10 Å². The molecule has 0 bridgehead atoms. The van der Waals surface area contributed by atoms with E-state index < -0.39 is 0 Å². The molecule has 19 heavy (non-hydrogen) atoms. The first-order chi connectivity index (χ1) is 9.16. The summed E-state index contributed by atoms with van der Waals surface area (Å²) in [5.74, 6) is -0.306. The molecule has 0 aliphatic rings. The van der Waals surface area contributed by atoms with Crippen LogP contribution in [0.1, 0.15) is 24.9 Å². The van der Waals surface area contributed by atoms with E-state index in [1.54, 1.807) is 12.3 Å². The zero-order chi connectivity index (χ0) is 13.7. The second-order valence-corrected chi connectivity index (χ2v) is 4.87. The zero-order valence-electron chi connectivity index (χ0n) is 10.8. The number of hydrogen-bond acceptors (Lipinski definition) is 2. The normalized spacial score (nSPS) is 12.6. The van der Waals surface area contributed by atoms with Crippen molar-refractivity contribution in [3.8, 4) is 0 Å². The average Bonchev–Trinajstić information content (AvgIpc) is 2.87. The minimum atomic E-state index is -0.306. The predicted octanol–water partition coefficient (Wildman–Crippen LogP) is 3.42. The molecule has 1 N–H and O–H groups in total. The van der Waals surface area contributed by atoms with Gasteiger partial charge in [-0.25, -0.2) is 4.39 Å². The van der Waals surface area contributed by atoms with Crippen molar-refractivity contribution in [2.75, 3.05) is 6.54 Å². The fraction of sp³-hybridized carbons (Fsp3) is 0.357. The van der Waals surface area contributed by atoms with E-state index >= 15 is 0 Å². The van der Waals surface area contributed by atoms with Crippen molar-refractivity contribution in [1.29, 1.82) is 0 Å². The smallest absolute Gasteiger partial charge is 0.124 e. The third-order valence-corrected chi connectivity index (χ3v) is 3.33. The topological polar surface area (TPSA) is 29.9 Å². The van der Waals surface area contributed by atoms with Crippen LogP contribution in [0.25, 0.3) is 0 Å². The highest BCUT2D eigenvalue weighted by atomic mass is 35.5. The van der Waals surface area contributed by atoms with E-state index in [1.807, 2.05) is 23.9 Å². The summed E-state index contributed by atoms with van der Waals surface area (Å²) in [6.07, 6.45) is 4.69. The molecule has 2 rings (SSSR count). The van der Waals surface area contributed by atoms with Gasteiger partial charge in [0.25, 0.3) is 0 Å². The van der Waals surface area contributed by atoms with E-state index in [0.717, 1.165) is 25.1 Å². The Hall–Kier alpha value is -1.39. The van der Waals surface area contributed by atoms with Crippen molar-refractivity contribution in [2.45, 2.75) is 25.9 Å². The molecule has 3 nitrogen and oxygen atoms in total. The van der Waals surface area contributed by atoms with Crippen molar-refractivity contribution in [2.24, 2.45) is 0 Å². The maximum Gasteiger partial charge on any atom is 0.124 e. The number of aryl methyl sites for hydroxylation is 1. The molecular formula is C14H17ClFN3. The van der Waals surface area contributed by atoms with Gasteiger partial charge in [0.15, 0.2) is 0 Å². The average molecular weight is 282 g/mol. The third-order valence-electron chi connectivity index (χ3n) is 3.00. The first-order valence-electron chi connectivity index (χ1n) is 6.32. The lowest BCUT2D eigenvalue weighted by Gasteiger charge is -2.15. The first-order valence-corrected chi connectivity index (χ1v) is 6.70. The van der Waals surface area contributed by atoms with E-state index in [-0.39, 0.29) is 11.9 Å². The number of hydrogen-bond donors (Lipinski definition) is 1. The molecule has 0 aliphatic heterocycles. The van der Waals surface area contributed by atoms with Crippen molar-refractivity contribution in [3.63, 3.8) is 0 Å². The number of nitrogens with one attached hydrogen (secondary N) is 1. The summed E-state index contributed by atoms with van der Waals surface area (Å²) >= 11 is 6.02. The first kappa shape index (κ1) is 14.0. The molecular weight excluding hydrogens is 265 g/mol. The second kappa shape index (κ2) is 6.68. The molecule has 0 aliphatic carbocycles. The number of halogens is 2. The summed E-state index contributed by atoms with van der Waals surface area (Å²) in [6.45, 7) is 3.76. The lowest BCUT2D eigenvalue weighted by molar-refractivity contribution is 0.506. The Bertz CT molecular complexity index is 513. The van der Waals surface area contributed by atoms with Crippen LogP contribution in [-0.4, -0.2) is 16.3 Å². The van der Waals surface area contributed by atoms with E-state index in [2.05, 4.69) is 10.4 Å². The summed E-state index contributed by atoms with van der Waals surface area (Å²) in [5, 5.41) is 7.98. The molecule has 0 amide bonds. The van der Waals surface area contributed by atoms with Gasteiger partial charge in [0.1, 0.15) is 5.82 Å². The second-order valence-electron chi connectivity index (χ2n) is 4.46. The van der Waals surface area contributed by atoms with Gasteiger partial charge in [0.2, 0.25) is 0 Å². The molecule has 1 aromatic carbocycles. The van der Waals surface area contributed by atoms with Crippen LogP contribution < -0.4 is 5.32 Å². The molecule has 1 aromatic heterocycles. The van der Waals surface area contributed by atoms with Crippen LogP contribution in [0.4, 0.5) is 4.39 Å². The molecule has 102 valence electrons. The van der Waals surface area contributed by atoms with Crippen molar-refractivity contribution < 1.29 is 4.39 Å². The number of aromatic nitrogens is 2. The standard InChI is InChI=1S/C14H17ClFN3/c1-11(13-5-4-12(16)10-14(13)15)17-6-2-8-19-9-3-7-18-19/h3-5,7,9-11,17H,2,6,8H2,1H3. The Labute approximate surface area is 117 Å². The third kappa shape index (κ3) is 4.04. The Morgan fingerprint density at radius 1 is 1.47 bits per heavy atom. The van der Waals surface area contributed by atoms with Gasteiger partial charge in [0.05, 0.1) is 0 Å². The predicted molar refractivity (Wildman–Crippen MR) is 74.7 cm³/mol. The number of benzene rings is 1. The fourth-order valence-corrected chi connectivity index (χ4v) is 2.29. The van der Waals surface area contributed by atoms with Gasteiger partial charge >= 0.3 is 0 Å². The highest BCUT2D eigenvalue weighted by Gasteiger charge is 2.09. The SMILES string of the molecule is CC(NCCCn1cccn1)c1ccc(F)cc1Cl. The Morgan fingerprint density at radius 2 is 2.32 bits per heavy atom. The minimum Gasteiger partial charge on any atom is -0.310 e. The van der Waals surface area contributed by atoms with Gasteiger partial charge in [-0.15, -0.1) is 0 Å².